The van der Waals surface area contributed by atoms with Gasteiger partial charge in [-0.25, -0.2) is 4.79 Å². The molecule has 0 heterocycles. The van der Waals surface area contributed by atoms with Crippen molar-refractivity contribution in [1.82, 2.24) is 0 Å². The van der Waals surface area contributed by atoms with Crippen LogP contribution in [0.25, 0.3) is 0 Å². The molecule has 2 aromatic carbocycles. The first-order valence-corrected chi connectivity index (χ1v) is 6.77. The van der Waals surface area contributed by atoms with Gasteiger partial charge in [0, 0.05) is 6.42 Å². The monoisotopic (exact) mass is 270 g/mol. The summed E-state index contributed by atoms with van der Waals surface area (Å²) in [7, 11) is 0. The molecule has 3 nitrogen and oxygen atoms in total. The Morgan fingerprint density at radius 2 is 1.45 bits per heavy atom. The van der Waals surface area contributed by atoms with Crippen molar-refractivity contribution in [1.29, 1.82) is 0 Å². The second kappa shape index (κ2) is 7.46. The van der Waals surface area contributed by atoms with E-state index < -0.39 is 6.10 Å². The van der Waals surface area contributed by atoms with Gasteiger partial charge in [-0.2, -0.15) is 4.89 Å². The molecular weight excluding hydrogens is 252 g/mol. The fraction of sp³-hybridized carbons (Fsp3) is 0.235. The predicted octanol–water partition coefficient (Wildman–Crippen LogP) is 4.05. The molecular formula is C17H18O3. The van der Waals surface area contributed by atoms with Gasteiger partial charge in [-0.3, -0.25) is 4.89 Å². The van der Waals surface area contributed by atoms with Gasteiger partial charge in [0.2, 0.25) is 0 Å². The Hall–Kier alpha value is -2.13. The van der Waals surface area contributed by atoms with Crippen molar-refractivity contribution >= 4 is 5.97 Å². The Labute approximate surface area is 119 Å². The number of carbonyl (C=O) groups is 1. The highest BCUT2D eigenvalue weighted by Gasteiger charge is 2.17. The Kier molecular flexibility index (Phi) is 5.33. The van der Waals surface area contributed by atoms with E-state index >= 15 is 0 Å². The summed E-state index contributed by atoms with van der Waals surface area (Å²) >= 11 is 0. The van der Waals surface area contributed by atoms with Crippen molar-refractivity contribution < 1.29 is 14.6 Å². The van der Waals surface area contributed by atoms with Gasteiger partial charge < -0.3 is 0 Å². The van der Waals surface area contributed by atoms with Crippen LogP contribution in [0.2, 0.25) is 0 Å². The van der Waals surface area contributed by atoms with Gasteiger partial charge in [0.15, 0.2) is 6.10 Å². The predicted molar refractivity (Wildman–Crippen MR) is 76.8 cm³/mol. The molecule has 20 heavy (non-hydrogen) atoms. The maximum Gasteiger partial charge on any atom is 0.342 e. The first kappa shape index (κ1) is 14.3. The maximum absolute atomic E-state index is 11.5. The molecule has 0 bridgehead atoms. The van der Waals surface area contributed by atoms with Gasteiger partial charge in [-0.05, 0) is 17.5 Å². The molecule has 0 unspecified atom stereocenters. The van der Waals surface area contributed by atoms with Crippen LogP contribution in [-0.4, -0.2) is 5.97 Å². The SMILES string of the molecule is CCCC(=O)OOC(c1ccccc1)c1ccccc1. The zero-order valence-electron chi connectivity index (χ0n) is 11.5. The van der Waals surface area contributed by atoms with Crippen LogP contribution in [0, 0.1) is 0 Å². The molecule has 0 radical (unpaired) electrons. The van der Waals surface area contributed by atoms with E-state index in [-0.39, 0.29) is 5.97 Å². The summed E-state index contributed by atoms with van der Waals surface area (Å²) in [6.07, 6.45) is 0.693. The molecule has 3 heteroatoms. The Morgan fingerprint density at radius 1 is 0.950 bits per heavy atom. The molecule has 0 saturated carbocycles. The maximum atomic E-state index is 11.5. The van der Waals surface area contributed by atoms with Gasteiger partial charge in [-0.1, -0.05) is 67.6 Å². The number of hydrogen-bond donors (Lipinski definition) is 0. The fourth-order valence-corrected chi connectivity index (χ4v) is 1.91. The standard InChI is InChI=1S/C17H18O3/c1-2-9-16(18)19-20-17(14-10-5-3-6-11-14)15-12-7-4-8-13-15/h3-8,10-13,17H,2,9H2,1H3. The average molecular weight is 270 g/mol. The third-order valence-electron chi connectivity index (χ3n) is 2.90. The Bertz CT molecular complexity index is 483. The third kappa shape index (κ3) is 3.93. The van der Waals surface area contributed by atoms with Gasteiger partial charge in [0.1, 0.15) is 0 Å². The van der Waals surface area contributed by atoms with E-state index in [2.05, 4.69) is 0 Å². The van der Waals surface area contributed by atoms with Crippen LogP contribution in [0.4, 0.5) is 0 Å². The van der Waals surface area contributed by atoms with Crippen LogP contribution in [-0.2, 0) is 14.6 Å². The van der Waals surface area contributed by atoms with Crippen LogP contribution in [0.3, 0.4) is 0 Å². The second-order valence-corrected chi connectivity index (χ2v) is 4.50. The summed E-state index contributed by atoms with van der Waals surface area (Å²) in [6, 6.07) is 19.4. The lowest BCUT2D eigenvalue weighted by Crippen LogP contribution is -2.11. The van der Waals surface area contributed by atoms with Crippen molar-refractivity contribution in [2.75, 3.05) is 0 Å². The van der Waals surface area contributed by atoms with E-state index in [4.69, 9.17) is 9.78 Å². The topological polar surface area (TPSA) is 35.5 Å². The summed E-state index contributed by atoms with van der Waals surface area (Å²) in [6.45, 7) is 1.92. The van der Waals surface area contributed by atoms with E-state index in [9.17, 15) is 4.79 Å². The summed E-state index contributed by atoms with van der Waals surface area (Å²) in [5.74, 6) is -0.343. The highest BCUT2D eigenvalue weighted by atomic mass is 17.2. The number of carbonyl (C=O) groups excluding carboxylic acids is 1. The Balaban J connectivity index is 2.15. The number of hydrogen-bond acceptors (Lipinski definition) is 3. The van der Waals surface area contributed by atoms with Crippen molar-refractivity contribution in [2.24, 2.45) is 0 Å². The molecule has 2 aromatic rings. The summed E-state index contributed by atoms with van der Waals surface area (Å²) in [4.78, 5) is 21.8. The molecule has 0 aliphatic heterocycles. The molecule has 0 spiro atoms. The van der Waals surface area contributed by atoms with Crippen LogP contribution in [0.15, 0.2) is 60.7 Å². The fourth-order valence-electron chi connectivity index (χ4n) is 1.91. The van der Waals surface area contributed by atoms with Crippen LogP contribution in [0.1, 0.15) is 37.0 Å². The molecule has 2 rings (SSSR count). The van der Waals surface area contributed by atoms with Crippen molar-refractivity contribution in [3.8, 4) is 0 Å². The minimum atomic E-state index is -0.404. The molecule has 0 atom stereocenters. The summed E-state index contributed by atoms with van der Waals surface area (Å²) < 4.78 is 0. The smallest absolute Gasteiger partial charge is 0.297 e. The molecule has 0 N–H and O–H groups in total. The van der Waals surface area contributed by atoms with Gasteiger partial charge in [0.05, 0.1) is 0 Å². The highest BCUT2D eigenvalue weighted by molar-refractivity contribution is 5.68. The van der Waals surface area contributed by atoms with E-state index in [0.29, 0.717) is 6.42 Å². The quantitative estimate of drug-likeness (QED) is 0.586. The number of rotatable bonds is 6. The van der Waals surface area contributed by atoms with Crippen molar-refractivity contribution in [2.45, 2.75) is 25.9 Å². The highest BCUT2D eigenvalue weighted by Crippen LogP contribution is 2.26. The zero-order chi connectivity index (χ0) is 14.2. The minimum absolute atomic E-state index is 0.343. The molecule has 0 aliphatic rings. The second-order valence-electron chi connectivity index (χ2n) is 4.50. The van der Waals surface area contributed by atoms with Crippen LogP contribution < -0.4 is 0 Å². The molecule has 0 amide bonds. The van der Waals surface area contributed by atoms with Crippen molar-refractivity contribution in [3.63, 3.8) is 0 Å². The summed E-state index contributed by atoms with van der Waals surface area (Å²) in [5.41, 5.74) is 1.89. The molecule has 0 fully saturated rings. The normalized spacial score (nSPS) is 10.5. The lowest BCUT2D eigenvalue weighted by Gasteiger charge is -2.16. The van der Waals surface area contributed by atoms with Crippen LogP contribution in [0.5, 0.6) is 0 Å². The van der Waals surface area contributed by atoms with Gasteiger partial charge in [-0.15, -0.1) is 0 Å². The summed E-state index contributed by atoms with van der Waals surface area (Å²) in [5, 5.41) is 0. The minimum Gasteiger partial charge on any atom is -0.297 e. The lowest BCUT2D eigenvalue weighted by molar-refractivity contribution is -0.292. The van der Waals surface area contributed by atoms with Crippen LogP contribution >= 0.6 is 0 Å². The molecule has 0 aromatic heterocycles. The third-order valence-corrected chi connectivity index (χ3v) is 2.90. The van der Waals surface area contributed by atoms with E-state index in [1.54, 1.807) is 0 Å². The van der Waals surface area contributed by atoms with Gasteiger partial charge in [0.25, 0.3) is 0 Å². The molecule has 0 saturated heterocycles. The first-order chi connectivity index (χ1) is 9.81. The van der Waals surface area contributed by atoms with E-state index in [1.165, 1.54) is 0 Å². The van der Waals surface area contributed by atoms with Crippen molar-refractivity contribution in [3.05, 3.63) is 71.8 Å². The molecule has 104 valence electrons. The lowest BCUT2D eigenvalue weighted by atomic mass is 10.0. The Morgan fingerprint density at radius 3 is 1.90 bits per heavy atom. The zero-order valence-corrected chi connectivity index (χ0v) is 11.5. The number of benzene rings is 2. The van der Waals surface area contributed by atoms with E-state index in [0.717, 1.165) is 17.5 Å². The average Bonchev–Trinajstić information content (AvgIpc) is 2.50. The first-order valence-electron chi connectivity index (χ1n) is 6.77. The van der Waals surface area contributed by atoms with E-state index in [1.807, 2.05) is 67.6 Å². The van der Waals surface area contributed by atoms with Gasteiger partial charge >= 0.3 is 5.97 Å². The molecule has 0 aliphatic carbocycles. The largest absolute Gasteiger partial charge is 0.342 e.